The summed E-state index contributed by atoms with van der Waals surface area (Å²) in [5.41, 5.74) is -1.42. The van der Waals surface area contributed by atoms with Gasteiger partial charge in [0.2, 0.25) is 9.74 Å². The van der Waals surface area contributed by atoms with Gasteiger partial charge in [-0.1, -0.05) is 50.2 Å². The molecule has 256 valence electrons. The zero-order valence-electron chi connectivity index (χ0n) is 26.6. The number of rotatable bonds is 3. The third-order valence-electron chi connectivity index (χ3n) is 13.2. The van der Waals surface area contributed by atoms with Gasteiger partial charge in [0.15, 0.2) is 9.74 Å². The Labute approximate surface area is 294 Å². The summed E-state index contributed by atoms with van der Waals surface area (Å²) in [6.45, 7) is 2.96. The Morgan fingerprint density at radius 2 is 1.18 bits per heavy atom. The van der Waals surface area contributed by atoms with Crippen LogP contribution in [0.4, 0.5) is 11.4 Å². The SMILES string of the molecule is CC(C)[C@]12C(=O)N3[C@H]4Nc5ccccc5[C@@]4([C@]45c6ccccc6N[C@H]4N4C(=O)[C@]6(CO)N(C)C(=O)[C@@]4([C@H]5O)S6=S)[C@H](O)[C@@]3(C(=O)N1C)S2=S. The lowest BCUT2D eigenvalue weighted by molar-refractivity contribution is -0.163. The molecule has 8 aliphatic rings. The van der Waals surface area contributed by atoms with Crippen LogP contribution >= 0.6 is 0 Å². The van der Waals surface area contributed by atoms with Gasteiger partial charge in [-0.3, -0.25) is 29.0 Å². The van der Waals surface area contributed by atoms with Gasteiger partial charge in [-0.25, -0.2) is 0 Å². The molecule has 0 radical (unpaired) electrons. The van der Waals surface area contributed by atoms with Crippen molar-refractivity contribution in [2.24, 2.45) is 5.92 Å². The van der Waals surface area contributed by atoms with Crippen LogP contribution in [0.25, 0.3) is 0 Å². The molecular weight excluding hydrogens is 709 g/mol. The van der Waals surface area contributed by atoms with E-state index < -0.39 is 104 Å². The Bertz CT molecular complexity index is 2100. The first kappa shape index (κ1) is 30.7. The van der Waals surface area contributed by atoms with Crippen LogP contribution < -0.4 is 10.6 Å². The summed E-state index contributed by atoms with van der Waals surface area (Å²) in [5.74, 6) is -2.51. The number of likely N-dealkylation sites (N-methyl/N-ethyl adjacent to an activating group) is 2. The first-order valence-electron chi connectivity index (χ1n) is 16.0. The molecule has 2 unspecified atom stereocenters. The summed E-state index contributed by atoms with van der Waals surface area (Å²) in [5, 5.41) is 44.6. The smallest absolute Gasteiger partial charge is 0.265 e. The van der Waals surface area contributed by atoms with Crippen molar-refractivity contribution in [1.29, 1.82) is 0 Å². The molecule has 0 aromatic heterocycles. The van der Waals surface area contributed by atoms with Crippen molar-refractivity contribution >= 4 is 76.3 Å². The van der Waals surface area contributed by atoms with Gasteiger partial charge in [-0.05, 0) is 70.5 Å². The van der Waals surface area contributed by atoms with Crippen LogP contribution in [-0.2, 0) is 71.3 Å². The van der Waals surface area contributed by atoms with Crippen molar-refractivity contribution in [1.82, 2.24) is 19.6 Å². The quantitative estimate of drug-likeness (QED) is 0.245. The fraction of sp³-hybridized carbons (Fsp3) is 0.500. The molecule has 2 spiro atoms. The zero-order valence-corrected chi connectivity index (χ0v) is 29.9. The molecule has 6 fully saturated rings. The third kappa shape index (κ3) is 2.32. The van der Waals surface area contributed by atoms with Gasteiger partial charge < -0.3 is 35.8 Å². The average Bonchev–Trinajstić information content (AvgIpc) is 3.87. The highest BCUT2D eigenvalue weighted by molar-refractivity contribution is 8.32. The van der Waals surface area contributed by atoms with Gasteiger partial charge in [-0.15, -0.1) is 0 Å². The topological polar surface area (TPSA) is 166 Å². The van der Waals surface area contributed by atoms with E-state index in [1.54, 1.807) is 49.5 Å². The molecule has 12 atom stereocenters. The van der Waals surface area contributed by atoms with Crippen LogP contribution in [0.3, 0.4) is 0 Å². The van der Waals surface area contributed by atoms with Gasteiger partial charge in [0.05, 0.1) is 17.4 Å². The minimum Gasteiger partial charge on any atom is -0.392 e. The van der Waals surface area contributed by atoms with Crippen molar-refractivity contribution in [3.05, 3.63) is 59.7 Å². The highest BCUT2D eigenvalue weighted by Crippen LogP contribution is 2.76. The zero-order chi connectivity index (χ0) is 34.7. The van der Waals surface area contributed by atoms with Crippen LogP contribution in [0.15, 0.2) is 48.5 Å². The molecule has 0 aliphatic carbocycles. The van der Waals surface area contributed by atoms with Crippen molar-refractivity contribution in [2.45, 2.75) is 68.7 Å². The van der Waals surface area contributed by atoms with Gasteiger partial charge in [0.25, 0.3) is 23.6 Å². The van der Waals surface area contributed by atoms with E-state index in [-0.39, 0.29) is 5.92 Å². The number of nitrogens with one attached hydrogen (secondary N) is 2. The van der Waals surface area contributed by atoms with Crippen molar-refractivity contribution in [2.75, 3.05) is 31.3 Å². The second kappa shape index (κ2) is 8.52. The minimum atomic E-state index is -2.01. The molecule has 8 heterocycles. The number of benzene rings is 2. The number of nitrogens with zero attached hydrogens (tertiary/aromatic N) is 4. The predicted octanol–water partition coefficient (Wildman–Crippen LogP) is -1.66. The fourth-order valence-corrected chi connectivity index (χ4v) is 19.5. The predicted molar refractivity (Wildman–Crippen MR) is 185 cm³/mol. The molecule has 0 saturated carbocycles. The summed E-state index contributed by atoms with van der Waals surface area (Å²) in [7, 11) is -0.192. The maximum Gasteiger partial charge on any atom is 0.265 e. The van der Waals surface area contributed by atoms with Crippen molar-refractivity contribution < 1.29 is 34.5 Å². The molecule has 10 rings (SSSR count). The largest absolute Gasteiger partial charge is 0.392 e. The van der Waals surface area contributed by atoms with E-state index in [0.29, 0.717) is 22.5 Å². The Hall–Kier alpha value is -3.06. The standard InChI is InChI=1S/C32H32N6O7S4/c1-14(2)30-26(45)38-22-29(16-10-6-8-12-18(16)34-22,20(41)32(38,49(30)47)25(44)36(30)4)28-15-9-5-7-11-17(15)33-21(28)37-23(42)27(13-39)35(3)24(43)31(37,19(28)40)48(27)46/h5-12,14,19-22,33-34,39-41H,13H2,1-4H3/t19-,20-,21-,22+,27+,28-,29+,30-,31+,32-,48?,49?/m0/s1. The second-order valence-electron chi connectivity index (χ2n) is 14.5. The first-order chi connectivity index (χ1) is 23.2. The van der Waals surface area contributed by atoms with Crippen LogP contribution in [0.2, 0.25) is 0 Å². The number of hydrogen-bond acceptors (Lipinski definition) is 11. The summed E-state index contributed by atoms with van der Waals surface area (Å²) in [6, 6.07) is 14.3. The third-order valence-corrected chi connectivity index (χ3v) is 21.3. The number of aliphatic hydroxyl groups is 3. The molecule has 6 saturated heterocycles. The number of aliphatic hydroxyl groups excluding tert-OH is 3. The number of anilines is 2. The number of hydrogen-bond donors (Lipinski definition) is 5. The number of amides is 4. The molecule has 4 amide bonds. The molecule has 13 nitrogen and oxygen atoms in total. The molecule has 49 heavy (non-hydrogen) atoms. The highest BCUT2D eigenvalue weighted by atomic mass is 32.8. The molecule has 5 N–H and O–H groups in total. The maximum atomic E-state index is 15.1. The monoisotopic (exact) mass is 740 g/mol. The van der Waals surface area contributed by atoms with E-state index in [0.717, 1.165) is 0 Å². The lowest BCUT2D eigenvalue weighted by atomic mass is 9.52. The molecule has 17 heteroatoms. The van der Waals surface area contributed by atoms with E-state index in [1.807, 2.05) is 19.9 Å². The normalized spacial score (nSPS) is 47.5. The van der Waals surface area contributed by atoms with E-state index in [4.69, 9.17) is 22.4 Å². The summed E-state index contributed by atoms with van der Waals surface area (Å²) in [4.78, 5) is 57.5. The van der Waals surface area contributed by atoms with Crippen LogP contribution in [0.5, 0.6) is 0 Å². The minimum absolute atomic E-state index is 0.385. The van der Waals surface area contributed by atoms with Crippen LogP contribution in [0.1, 0.15) is 25.0 Å². The Morgan fingerprint density at radius 3 is 1.67 bits per heavy atom. The summed E-state index contributed by atoms with van der Waals surface area (Å²) in [6.07, 6.45) is -5.82. The highest BCUT2D eigenvalue weighted by Gasteiger charge is 2.97. The Morgan fingerprint density at radius 1 is 0.735 bits per heavy atom. The maximum absolute atomic E-state index is 15.1. The van der Waals surface area contributed by atoms with E-state index >= 15 is 4.79 Å². The molecule has 4 bridgehead atoms. The first-order valence-corrected chi connectivity index (χ1v) is 20.3. The molecule has 2 aromatic rings. The lowest BCUT2D eigenvalue weighted by Crippen LogP contribution is -2.70. The summed E-state index contributed by atoms with van der Waals surface area (Å²) < 4.78 is 0. The second-order valence-corrected chi connectivity index (χ2v) is 20.1. The lowest BCUT2D eigenvalue weighted by Gasteiger charge is -2.51. The molecule has 2 aromatic carbocycles. The molecular formula is C32H32N6O7S4. The van der Waals surface area contributed by atoms with E-state index in [9.17, 15) is 29.7 Å². The number of piperazine rings is 2. The van der Waals surface area contributed by atoms with Gasteiger partial charge >= 0.3 is 0 Å². The van der Waals surface area contributed by atoms with Gasteiger partial charge in [0.1, 0.15) is 24.5 Å². The van der Waals surface area contributed by atoms with E-state index in [2.05, 4.69) is 10.6 Å². The average molecular weight is 741 g/mol. The fourth-order valence-electron chi connectivity index (χ4n) is 11.4. The van der Waals surface area contributed by atoms with E-state index in [1.165, 1.54) is 26.6 Å². The van der Waals surface area contributed by atoms with Crippen LogP contribution in [0, 0.1) is 5.92 Å². The Kier molecular flexibility index (Phi) is 5.34. The van der Waals surface area contributed by atoms with Gasteiger partial charge in [-0.2, -0.15) is 0 Å². The number of carbonyl (C=O) groups is 4. The van der Waals surface area contributed by atoms with Gasteiger partial charge in [0, 0.05) is 25.5 Å². The Balaban J connectivity index is 1.35. The number of para-hydroxylation sites is 2. The molecule has 8 aliphatic heterocycles. The van der Waals surface area contributed by atoms with Crippen molar-refractivity contribution in [3.63, 3.8) is 0 Å². The summed E-state index contributed by atoms with van der Waals surface area (Å²) >= 11 is 12.3. The number of carbonyl (C=O) groups excluding carboxylic acids is 4. The van der Waals surface area contributed by atoms with Crippen molar-refractivity contribution in [3.8, 4) is 0 Å². The van der Waals surface area contributed by atoms with Crippen LogP contribution in [-0.4, -0.2) is 123 Å². The number of fused-ring (bicyclic) bond motifs is 11.